The first-order chi connectivity index (χ1) is 9.65. The van der Waals surface area contributed by atoms with Crippen LogP contribution in [0.3, 0.4) is 0 Å². The number of aliphatic hydroxyl groups is 1. The van der Waals surface area contributed by atoms with E-state index in [9.17, 15) is 14.3 Å². The Kier molecular flexibility index (Phi) is 4.85. The fraction of sp³-hybridized carbons (Fsp3) is 0.188. The van der Waals surface area contributed by atoms with Gasteiger partial charge in [-0.1, -0.05) is 30.3 Å². The molecule has 0 fully saturated rings. The fourth-order valence-corrected chi connectivity index (χ4v) is 1.87. The van der Waals surface area contributed by atoms with Gasteiger partial charge in [0.2, 0.25) is 5.91 Å². The van der Waals surface area contributed by atoms with Crippen molar-refractivity contribution in [3.63, 3.8) is 0 Å². The van der Waals surface area contributed by atoms with E-state index in [0.29, 0.717) is 12.1 Å². The first-order valence-corrected chi connectivity index (χ1v) is 6.43. The van der Waals surface area contributed by atoms with E-state index in [2.05, 4.69) is 5.32 Å². The van der Waals surface area contributed by atoms with Crippen LogP contribution in [-0.2, 0) is 4.79 Å². The zero-order valence-corrected chi connectivity index (χ0v) is 10.9. The van der Waals surface area contributed by atoms with Crippen molar-refractivity contribution in [2.24, 2.45) is 0 Å². The molecule has 0 aromatic heterocycles. The number of rotatable bonds is 5. The molecule has 2 rings (SSSR count). The van der Waals surface area contributed by atoms with E-state index in [-0.39, 0.29) is 18.1 Å². The Labute approximate surface area is 117 Å². The van der Waals surface area contributed by atoms with Gasteiger partial charge in [0, 0.05) is 12.1 Å². The second-order valence-electron chi connectivity index (χ2n) is 4.52. The SMILES string of the molecule is O=C(CCC(O)c1ccccc1)Nc1ccc(F)cc1. The zero-order valence-electron chi connectivity index (χ0n) is 10.9. The Hall–Kier alpha value is -2.20. The molecule has 0 aliphatic carbocycles. The van der Waals surface area contributed by atoms with E-state index in [4.69, 9.17) is 0 Å². The number of aliphatic hydroxyl groups excluding tert-OH is 1. The van der Waals surface area contributed by atoms with Crippen molar-refractivity contribution in [1.82, 2.24) is 0 Å². The summed E-state index contributed by atoms with van der Waals surface area (Å²) < 4.78 is 12.7. The quantitative estimate of drug-likeness (QED) is 0.878. The molecular weight excluding hydrogens is 257 g/mol. The molecule has 3 nitrogen and oxygen atoms in total. The molecule has 0 bridgehead atoms. The molecule has 0 aliphatic rings. The number of nitrogens with one attached hydrogen (secondary N) is 1. The number of halogens is 1. The Morgan fingerprint density at radius 2 is 1.75 bits per heavy atom. The molecule has 1 unspecified atom stereocenters. The second-order valence-corrected chi connectivity index (χ2v) is 4.52. The number of carbonyl (C=O) groups is 1. The Balaban J connectivity index is 1.82. The van der Waals surface area contributed by atoms with Gasteiger partial charge in [-0.05, 0) is 36.2 Å². The van der Waals surface area contributed by atoms with Gasteiger partial charge >= 0.3 is 0 Å². The summed E-state index contributed by atoms with van der Waals surface area (Å²) in [6, 6.07) is 14.8. The van der Waals surface area contributed by atoms with Crippen LogP contribution >= 0.6 is 0 Å². The van der Waals surface area contributed by atoms with Crippen LogP contribution in [0.5, 0.6) is 0 Å². The molecule has 0 heterocycles. The maximum Gasteiger partial charge on any atom is 0.224 e. The van der Waals surface area contributed by atoms with Gasteiger partial charge in [0.15, 0.2) is 0 Å². The minimum atomic E-state index is -0.657. The van der Waals surface area contributed by atoms with Gasteiger partial charge in [-0.25, -0.2) is 4.39 Å². The summed E-state index contributed by atoms with van der Waals surface area (Å²) >= 11 is 0. The summed E-state index contributed by atoms with van der Waals surface area (Å²) in [6.45, 7) is 0. The lowest BCUT2D eigenvalue weighted by atomic mass is 10.0. The Bertz CT molecular complexity index is 554. The van der Waals surface area contributed by atoms with Crippen molar-refractivity contribution in [2.75, 3.05) is 5.32 Å². The minimum Gasteiger partial charge on any atom is -0.388 e. The van der Waals surface area contributed by atoms with E-state index in [0.717, 1.165) is 5.56 Å². The molecule has 1 atom stereocenters. The van der Waals surface area contributed by atoms with E-state index in [1.165, 1.54) is 24.3 Å². The molecule has 1 amide bonds. The predicted molar refractivity (Wildman–Crippen MR) is 75.7 cm³/mol. The van der Waals surface area contributed by atoms with E-state index >= 15 is 0 Å². The molecule has 0 aliphatic heterocycles. The van der Waals surface area contributed by atoms with Crippen molar-refractivity contribution in [3.05, 3.63) is 66.0 Å². The van der Waals surface area contributed by atoms with Gasteiger partial charge < -0.3 is 10.4 Å². The van der Waals surface area contributed by atoms with Crippen molar-refractivity contribution in [3.8, 4) is 0 Å². The Morgan fingerprint density at radius 1 is 1.10 bits per heavy atom. The summed E-state index contributed by atoms with van der Waals surface area (Å²) in [5.74, 6) is -0.547. The highest BCUT2D eigenvalue weighted by Crippen LogP contribution is 2.18. The number of amides is 1. The normalized spacial score (nSPS) is 11.9. The van der Waals surface area contributed by atoms with Crippen LogP contribution in [0.1, 0.15) is 24.5 Å². The van der Waals surface area contributed by atoms with Crippen molar-refractivity contribution in [2.45, 2.75) is 18.9 Å². The predicted octanol–water partition coefficient (Wildman–Crippen LogP) is 3.28. The zero-order chi connectivity index (χ0) is 14.4. The first-order valence-electron chi connectivity index (χ1n) is 6.43. The lowest BCUT2D eigenvalue weighted by Gasteiger charge is -2.11. The maximum absolute atomic E-state index is 12.7. The topological polar surface area (TPSA) is 49.3 Å². The third-order valence-corrected chi connectivity index (χ3v) is 2.96. The molecule has 0 radical (unpaired) electrons. The maximum atomic E-state index is 12.7. The van der Waals surface area contributed by atoms with Crippen molar-refractivity contribution in [1.29, 1.82) is 0 Å². The van der Waals surface area contributed by atoms with Crippen LogP contribution in [0.2, 0.25) is 0 Å². The summed E-state index contributed by atoms with van der Waals surface area (Å²) in [5, 5.41) is 12.6. The minimum absolute atomic E-state index is 0.202. The molecule has 20 heavy (non-hydrogen) atoms. The molecule has 104 valence electrons. The lowest BCUT2D eigenvalue weighted by molar-refractivity contribution is -0.116. The highest BCUT2D eigenvalue weighted by molar-refractivity contribution is 5.90. The molecular formula is C16H16FNO2. The number of hydrogen-bond acceptors (Lipinski definition) is 2. The number of hydrogen-bond donors (Lipinski definition) is 2. The van der Waals surface area contributed by atoms with Gasteiger partial charge in [-0.15, -0.1) is 0 Å². The molecule has 4 heteroatoms. The molecule has 0 saturated heterocycles. The fourth-order valence-electron chi connectivity index (χ4n) is 1.87. The van der Waals surface area contributed by atoms with Crippen LogP contribution in [0, 0.1) is 5.82 Å². The van der Waals surface area contributed by atoms with Gasteiger partial charge in [0.1, 0.15) is 5.82 Å². The summed E-state index contributed by atoms with van der Waals surface area (Å²) in [7, 11) is 0. The smallest absolute Gasteiger partial charge is 0.224 e. The summed E-state index contributed by atoms with van der Waals surface area (Å²) in [5.41, 5.74) is 1.34. The first kappa shape index (κ1) is 14.2. The van der Waals surface area contributed by atoms with Crippen LogP contribution in [-0.4, -0.2) is 11.0 Å². The van der Waals surface area contributed by atoms with Crippen LogP contribution < -0.4 is 5.32 Å². The molecule has 2 aromatic rings. The highest BCUT2D eigenvalue weighted by atomic mass is 19.1. The van der Waals surface area contributed by atoms with Crippen LogP contribution in [0.15, 0.2) is 54.6 Å². The van der Waals surface area contributed by atoms with Gasteiger partial charge in [0.25, 0.3) is 0 Å². The summed E-state index contributed by atoms with van der Waals surface area (Å²) in [4.78, 5) is 11.7. The molecule has 2 N–H and O–H groups in total. The third kappa shape index (κ3) is 4.17. The van der Waals surface area contributed by atoms with Gasteiger partial charge in [-0.3, -0.25) is 4.79 Å². The molecule has 0 spiro atoms. The van der Waals surface area contributed by atoms with Crippen LogP contribution in [0.25, 0.3) is 0 Å². The lowest BCUT2D eigenvalue weighted by Crippen LogP contribution is -2.12. The average molecular weight is 273 g/mol. The summed E-state index contributed by atoms with van der Waals surface area (Å²) in [6.07, 6.45) is -0.111. The third-order valence-electron chi connectivity index (χ3n) is 2.96. The number of anilines is 1. The average Bonchev–Trinajstić information content (AvgIpc) is 2.48. The molecule has 0 saturated carbocycles. The van der Waals surface area contributed by atoms with Crippen molar-refractivity contribution >= 4 is 11.6 Å². The van der Waals surface area contributed by atoms with E-state index in [1.807, 2.05) is 30.3 Å². The molecule has 2 aromatic carbocycles. The largest absolute Gasteiger partial charge is 0.388 e. The second kappa shape index (κ2) is 6.82. The monoisotopic (exact) mass is 273 g/mol. The van der Waals surface area contributed by atoms with Gasteiger partial charge in [-0.2, -0.15) is 0 Å². The van der Waals surface area contributed by atoms with Crippen molar-refractivity contribution < 1.29 is 14.3 Å². The van der Waals surface area contributed by atoms with Gasteiger partial charge in [0.05, 0.1) is 6.10 Å². The standard InChI is InChI=1S/C16H16FNO2/c17-13-6-8-14(9-7-13)18-16(20)11-10-15(19)12-4-2-1-3-5-12/h1-9,15,19H,10-11H2,(H,18,20). The van der Waals surface area contributed by atoms with E-state index < -0.39 is 6.10 Å². The highest BCUT2D eigenvalue weighted by Gasteiger charge is 2.10. The van der Waals surface area contributed by atoms with E-state index in [1.54, 1.807) is 0 Å². The number of benzene rings is 2. The number of carbonyl (C=O) groups excluding carboxylic acids is 1. The van der Waals surface area contributed by atoms with Crippen LogP contribution in [0.4, 0.5) is 10.1 Å². The Morgan fingerprint density at radius 3 is 2.40 bits per heavy atom.